The van der Waals surface area contributed by atoms with Crippen molar-refractivity contribution in [3.05, 3.63) is 0 Å². The summed E-state index contributed by atoms with van der Waals surface area (Å²) in [6.07, 6.45) is 9.83. The van der Waals surface area contributed by atoms with Crippen molar-refractivity contribution in [3.63, 3.8) is 0 Å². The van der Waals surface area contributed by atoms with Gasteiger partial charge in [-0.1, -0.05) is 32.1 Å². The summed E-state index contributed by atoms with van der Waals surface area (Å²) in [6, 6.07) is 0.226. The molecule has 1 unspecified atom stereocenters. The standard InChI is InChI=1S/C15H25NO/c1-11(17)14-9-15(10-16(14)2)8-13(15)12-6-4-3-5-7-12/h12-14H,3-10H2,1-2H3/t13?,14-,15+/m0/s1. The zero-order valence-electron chi connectivity index (χ0n) is 11.2. The summed E-state index contributed by atoms with van der Waals surface area (Å²) in [7, 11) is 2.14. The van der Waals surface area contributed by atoms with E-state index in [0.29, 0.717) is 11.2 Å². The predicted octanol–water partition coefficient (Wildman–Crippen LogP) is 2.87. The van der Waals surface area contributed by atoms with Crippen LogP contribution in [0.5, 0.6) is 0 Å². The topological polar surface area (TPSA) is 20.3 Å². The molecule has 1 heterocycles. The molecule has 3 atom stereocenters. The van der Waals surface area contributed by atoms with E-state index < -0.39 is 0 Å². The Morgan fingerprint density at radius 1 is 1.18 bits per heavy atom. The summed E-state index contributed by atoms with van der Waals surface area (Å²) in [5.74, 6) is 2.32. The van der Waals surface area contributed by atoms with Crippen molar-refractivity contribution in [3.8, 4) is 0 Å². The highest BCUT2D eigenvalue weighted by atomic mass is 16.1. The number of ketones is 1. The first kappa shape index (κ1) is 11.7. The summed E-state index contributed by atoms with van der Waals surface area (Å²) in [5.41, 5.74) is 0.549. The summed E-state index contributed by atoms with van der Waals surface area (Å²) in [6.45, 7) is 2.94. The molecule has 2 saturated carbocycles. The number of carbonyl (C=O) groups is 1. The molecule has 0 N–H and O–H groups in total. The molecule has 2 heteroatoms. The van der Waals surface area contributed by atoms with Crippen molar-refractivity contribution in [1.82, 2.24) is 4.90 Å². The molecule has 2 aliphatic carbocycles. The van der Waals surface area contributed by atoms with Gasteiger partial charge in [0.05, 0.1) is 6.04 Å². The van der Waals surface area contributed by atoms with E-state index in [1.54, 1.807) is 6.92 Å². The fourth-order valence-corrected chi connectivity index (χ4v) is 4.67. The molecule has 0 aromatic rings. The third kappa shape index (κ3) is 1.95. The van der Waals surface area contributed by atoms with E-state index in [0.717, 1.165) is 18.3 Å². The van der Waals surface area contributed by atoms with Gasteiger partial charge in [0, 0.05) is 6.54 Å². The van der Waals surface area contributed by atoms with E-state index in [4.69, 9.17) is 0 Å². The second kappa shape index (κ2) is 4.08. The van der Waals surface area contributed by atoms with Crippen LogP contribution >= 0.6 is 0 Å². The first-order chi connectivity index (χ1) is 8.12. The van der Waals surface area contributed by atoms with E-state index in [1.807, 2.05) is 0 Å². The monoisotopic (exact) mass is 235 g/mol. The minimum atomic E-state index is 0.226. The van der Waals surface area contributed by atoms with Crippen LogP contribution in [0.25, 0.3) is 0 Å². The molecular formula is C15H25NO. The van der Waals surface area contributed by atoms with Gasteiger partial charge in [0.1, 0.15) is 5.78 Å². The van der Waals surface area contributed by atoms with Crippen LogP contribution in [0.3, 0.4) is 0 Å². The Labute approximate surface area is 105 Å². The van der Waals surface area contributed by atoms with Crippen molar-refractivity contribution in [2.45, 2.75) is 57.9 Å². The maximum atomic E-state index is 11.6. The fraction of sp³-hybridized carbons (Fsp3) is 0.933. The molecule has 1 saturated heterocycles. The summed E-state index contributed by atoms with van der Waals surface area (Å²) >= 11 is 0. The van der Waals surface area contributed by atoms with Crippen molar-refractivity contribution in [2.75, 3.05) is 13.6 Å². The van der Waals surface area contributed by atoms with Crippen molar-refractivity contribution in [2.24, 2.45) is 17.3 Å². The van der Waals surface area contributed by atoms with Gasteiger partial charge in [0.25, 0.3) is 0 Å². The molecule has 96 valence electrons. The van der Waals surface area contributed by atoms with Crippen molar-refractivity contribution < 1.29 is 4.79 Å². The van der Waals surface area contributed by atoms with Crippen LogP contribution in [-0.4, -0.2) is 30.3 Å². The maximum absolute atomic E-state index is 11.6. The van der Waals surface area contributed by atoms with Gasteiger partial charge in [0.2, 0.25) is 0 Å². The Morgan fingerprint density at radius 3 is 2.47 bits per heavy atom. The van der Waals surface area contributed by atoms with Gasteiger partial charge in [-0.3, -0.25) is 9.69 Å². The Kier molecular flexibility index (Phi) is 2.81. The largest absolute Gasteiger partial charge is 0.298 e. The minimum absolute atomic E-state index is 0.226. The summed E-state index contributed by atoms with van der Waals surface area (Å²) in [5, 5.41) is 0. The van der Waals surface area contributed by atoms with Crippen LogP contribution in [0.2, 0.25) is 0 Å². The Bertz CT molecular complexity index is 321. The Morgan fingerprint density at radius 2 is 1.88 bits per heavy atom. The molecule has 3 rings (SSSR count). The number of rotatable bonds is 2. The molecule has 1 spiro atoms. The lowest BCUT2D eigenvalue weighted by Crippen LogP contribution is -2.30. The van der Waals surface area contributed by atoms with Crippen LogP contribution in [0.1, 0.15) is 51.9 Å². The average molecular weight is 235 g/mol. The lowest BCUT2D eigenvalue weighted by molar-refractivity contribution is -0.120. The Hall–Kier alpha value is -0.370. The highest BCUT2D eigenvalue weighted by molar-refractivity contribution is 5.82. The van der Waals surface area contributed by atoms with Crippen LogP contribution < -0.4 is 0 Å². The maximum Gasteiger partial charge on any atom is 0.146 e. The molecular weight excluding hydrogens is 210 g/mol. The normalized spacial score (nSPS) is 43.2. The van der Waals surface area contributed by atoms with Gasteiger partial charge in [-0.05, 0) is 44.1 Å². The molecule has 2 nitrogen and oxygen atoms in total. The van der Waals surface area contributed by atoms with Crippen molar-refractivity contribution >= 4 is 5.78 Å². The number of Topliss-reactive ketones (excluding diaryl/α,β-unsaturated/α-hetero) is 1. The number of carbonyl (C=O) groups excluding carboxylic acids is 1. The SMILES string of the molecule is CC(=O)[C@@H]1C[C@]2(CC2C2CCCCC2)CN1C. The van der Waals surface area contributed by atoms with Gasteiger partial charge in [-0.2, -0.15) is 0 Å². The third-order valence-electron chi connectivity index (χ3n) is 5.64. The molecule has 17 heavy (non-hydrogen) atoms. The van der Waals surface area contributed by atoms with Gasteiger partial charge in [0.15, 0.2) is 0 Å². The fourth-order valence-electron chi connectivity index (χ4n) is 4.67. The zero-order valence-corrected chi connectivity index (χ0v) is 11.2. The number of likely N-dealkylation sites (N-methyl/N-ethyl adjacent to an activating group) is 1. The second-order valence-electron chi connectivity index (χ2n) is 6.82. The van der Waals surface area contributed by atoms with Gasteiger partial charge < -0.3 is 0 Å². The minimum Gasteiger partial charge on any atom is -0.298 e. The third-order valence-corrected chi connectivity index (χ3v) is 5.64. The number of likely N-dealkylation sites (tertiary alicyclic amines) is 1. The molecule has 3 fully saturated rings. The molecule has 0 radical (unpaired) electrons. The molecule has 3 aliphatic rings. The highest BCUT2D eigenvalue weighted by Crippen LogP contribution is 2.64. The molecule has 0 amide bonds. The van der Waals surface area contributed by atoms with Crippen LogP contribution in [-0.2, 0) is 4.79 Å². The summed E-state index contributed by atoms with van der Waals surface area (Å²) in [4.78, 5) is 13.9. The molecule has 0 aromatic carbocycles. The lowest BCUT2D eigenvalue weighted by Gasteiger charge is -2.23. The van der Waals surface area contributed by atoms with E-state index in [1.165, 1.54) is 45.1 Å². The van der Waals surface area contributed by atoms with Crippen molar-refractivity contribution in [1.29, 1.82) is 0 Å². The first-order valence-electron chi connectivity index (χ1n) is 7.33. The Balaban J connectivity index is 1.65. The predicted molar refractivity (Wildman–Crippen MR) is 68.8 cm³/mol. The number of nitrogens with zero attached hydrogens (tertiary/aromatic N) is 1. The quantitative estimate of drug-likeness (QED) is 0.733. The lowest BCUT2D eigenvalue weighted by atomic mass is 9.82. The number of hydrogen-bond donors (Lipinski definition) is 0. The summed E-state index contributed by atoms with van der Waals surface area (Å²) < 4.78 is 0. The van der Waals surface area contributed by atoms with E-state index in [9.17, 15) is 4.79 Å². The van der Waals surface area contributed by atoms with Gasteiger partial charge >= 0.3 is 0 Å². The van der Waals surface area contributed by atoms with Crippen LogP contribution in [0.4, 0.5) is 0 Å². The average Bonchev–Trinajstić information content (AvgIpc) is 2.89. The molecule has 0 bridgehead atoms. The first-order valence-corrected chi connectivity index (χ1v) is 7.33. The van der Waals surface area contributed by atoms with E-state index in [-0.39, 0.29) is 6.04 Å². The molecule has 1 aliphatic heterocycles. The highest BCUT2D eigenvalue weighted by Gasteiger charge is 2.61. The van der Waals surface area contributed by atoms with E-state index >= 15 is 0 Å². The number of hydrogen-bond acceptors (Lipinski definition) is 2. The molecule has 0 aromatic heterocycles. The van der Waals surface area contributed by atoms with Gasteiger partial charge in [-0.25, -0.2) is 0 Å². The second-order valence-corrected chi connectivity index (χ2v) is 6.82. The van der Waals surface area contributed by atoms with E-state index in [2.05, 4.69) is 11.9 Å². The van der Waals surface area contributed by atoms with Crippen LogP contribution in [0, 0.1) is 17.3 Å². The zero-order chi connectivity index (χ0) is 12.0. The van der Waals surface area contributed by atoms with Gasteiger partial charge in [-0.15, -0.1) is 0 Å². The van der Waals surface area contributed by atoms with Crippen LogP contribution in [0.15, 0.2) is 0 Å². The smallest absolute Gasteiger partial charge is 0.146 e.